The molecular weight excluding hydrogens is 362 g/mol. The van der Waals surface area contributed by atoms with Crippen LogP contribution in [0.25, 0.3) is 16.6 Å². The first kappa shape index (κ1) is 19.2. The van der Waals surface area contributed by atoms with Crippen LogP contribution in [0.1, 0.15) is 35.0 Å². The van der Waals surface area contributed by atoms with Crippen molar-refractivity contribution in [3.63, 3.8) is 0 Å². The highest BCUT2D eigenvalue weighted by Gasteiger charge is 2.18. The van der Waals surface area contributed by atoms with Crippen LogP contribution < -0.4 is 0 Å². The van der Waals surface area contributed by atoms with Gasteiger partial charge in [-0.3, -0.25) is 0 Å². The topological polar surface area (TPSA) is 65.4 Å². The maximum Gasteiger partial charge on any atom is 0.338 e. The van der Waals surface area contributed by atoms with E-state index in [2.05, 4.69) is 11.5 Å². The molecule has 0 bridgehead atoms. The van der Waals surface area contributed by atoms with Crippen molar-refractivity contribution in [2.24, 2.45) is 0 Å². The van der Waals surface area contributed by atoms with Crippen molar-refractivity contribution in [2.45, 2.75) is 31.6 Å². The number of ether oxygens (including phenoxy) is 1. The number of fused-ring (bicyclic) bond motifs is 1. The SMILES string of the molecule is CCCc1cc2cc(S(C)(=O)=O)ccc2n1-c1cccc(C(=O)OC)c1C. The molecule has 3 rings (SSSR count). The number of hydrogen-bond acceptors (Lipinski definition) is 4. The summed E-state index contributed by atoms with van der Waals surface area (Å²) in [6.45, 7) is 4.00. The molecule has 0 aliphatic rings. The number of benzene rings is 2. The predicted molar refractivity (Wildman–Crippen MR) is 106 cm³/mol. The Morgan fingerprint density at radius 3 is 2.52 bits per heavy atom. The van der Waals surface area contributed by atoms with Gasteiger partial charge in [-0.1, -0.05) is 19.4 Å². The number of rotatable bonds is 5. The summed E-state index contributed by atoms with van der Waals surface area (Å²) in [6.07, 6.45) is 3.00. The second kappa shape index (κ2) is 7.19. The Kier molecular flexibility index (Phi) is 5.11. The maximum atomic E-state index is 12.1. The van der Waals surface area contributed by atoms with Crippen LogP contribution in [-0.4, -0.2) is 32.3 Å². The first-order valence-electron chi connectivity index (χ1n) is 8.80. The molecule has 1 heterocycles. The summed E-state index contributed by atoms with van der Waals surface area (Å²) in [5.74, 6) is -0.373. The largest absolute Gasteiger partial charge is 0.465 e. The Hall–Kier alpha value is -2.60. The van der Waals surface area contributed by atoms with Gasteiger partial charge in [0.15, 0.2) is 9.84 Å². The van der Waals surface area contributed by atoms with Gasteiger partial charge in [-0.05, 0) is 55.3 Å². The van der Waals surface area contributed by atoms with Crippen LogP contribution in [0.4, 0.5) is 0 Å². The maximum absolute atomic E-state index is 12.1. The zero-order valence-electron chi connectivity index (χ0n) is 15.9. The lowest BCUT2D eigenvalue weighted by Crippen LogP contribution is -2.08. The molecule has 0 unspecified atom stereocenters. The molecule has 6 heteroatoms. The molecule has 3 aromatic rings. The van der Waals surface area contributed by atoms with E-state index in [0.717, 1.165) is 40.7 Å². The average molecular weight is 385 g/mol. The van der Waals surface area contributed by atoms with E-state index in [1.54, 1.807) is 18.2 Å². The second-order valence-electron chi connectivity index (χ2n) is 6.66. The van der Waals surface area contributed by atoms with E-state index in [1.807, 2.05) is 31.2 Å². The van der Waals surface area contributed by atoms with Gasteiger partial charge in [0.05, 0.1) is 23.1 Å². The predicted octanol–water partition coefficient (Wildman–Crippen LogP) is 4.08. The molecule has 0 spiro atoms. The van der Waals surface area contributed by atoms with E-state index >= 15 is 0 Å². The first-order chi connectivity index (χ1) is 12.8. The number of hydrogen-bond donors (Lipinski definition) is 0. The van der Waals surface area contributed by atoms with Crippen LogP contribution in [0.15, 0.2) is 47.4 Å². The first-order valence-corrected chi connectivity index (χ1v) is 10.7. The highest BCUT2D eigenvalue weighted by Crippen LogP contribution is 2.30. The van der Waals surface area contributed by atoms with Crippen molar-refractivity contribution in [2.75, 3.05) is 13.4 Å². The monoisotopic (exact) mass is 385 g/mol. The van der Waals surface area contributed by atoms with E-state index in [1.165, 1.54) is 13.4 Å². The molecule has 0 aliphatic carbocycles. The molecule has 142 valence electrons. The lowest BCUT2D eigenvalue weighted by Gasteiger charge is -2.15. The van der Waals surface area contributed by atoms with Crippen molar-refractivity contribution in [3.8, 4) is 5.69 Å². The van der Waals surface area contributed by atoms with Crippen molar-refractivity contribution in [1.82, 2.24) is 4.57 Å². The van der Waals surface area contributed by atoms with Gasteiger partial charge in [0.1, 0.15) is 0 Å². The Morgan fingerprint density at radius 1 is 1.15 bits per heavy atom. The molecule has 0 saturated heterocycles. The van der Waals surface area contributed by atoms with Gasteiger partial charge < -0.3 is 9.30 Å². The fourth-order valence-electron chi connectivity index (χ4n) is 3.40. The molecule has 1 aromatic heterocycles. The molecule has 5 nitrogen and oxygen atoms in total. The minimum Gasteiger partial charge on any atom is -0.465 e. The molecule has 0 amide bonds. The summed E-state index contributed by atoms with van der Waals surface area (Å²) in [5.41, 5.74) is 4.22. The summed E-state index contributed by atoms with van der Waals surface area (Å²) in [6, 6.07) is 12.7. The van der Waals surface area contributed by atoms with Crippen molar-refractivity contribution >= 4 is 26.7 Å². The number of methoxy groups -OCH3 is 1. The standard InChI is InChI=1S/C21H23NO4S/c1-5-7-16-12-15-13-17(27(4,24)25)10-11-20(15)22(16)19-9-6-8-18(14(19)2)21(23)26-3/h6,8-13H,5,7H2,1-4H3. The third-order valence-electron chi connectivity index (χ3n) is 4.73. The van der Waals surface area contributed by atoms with Gasteiger partial charge >= 0.3 is 5.97 Å². The van der Waals surface area contributed by atoms with Crippen molar-refractivity contribution in [3.05, 3.63) is 59.3 Å². The number of carbonyl (C=O) groups is 1. The van der Waals surface area contributed by atoms with E-state index < -0.39 is 9.84 Å². The van der Waals surface area contributed by atoms with Gasteiger partial charge in [0, 0.05) is 23.0 Å². The molecule has 0 N–H and O–H groups in total. The number of aromatic nitrogens is 1. The highest BCUT2D eigenvalue weighted by molar-refractivity contribution is 7.90. The van der Waals surface area contributed by atoms with Gasteiger partial charge in [-0.25, -0.2) is 13.2 Å². The molecule has 0 aliphatic heterocycles. The van der Waals surface area contributed by atoms with Crippen LogP contribution in [0.5, 0.6) is 0 Å². The third-order valence-corrected chi connectivity index (χ3v) is 5.85. The third kappa shape index (κ3) is 3.49. The summed E-state index contributed by atoms with van der Waals surface area (Å²) in [7, 11) is -1.90. The van der Waals surface area contributed by atoms with Gasteiger partial charge in [0.25, 0.3) is 0 Å². The van der Waals surface area contributed by atoms with Crippen LogP contribution in [-0.2, 0) is 21.0 Å². The summed E-state index contributed by atoms with van der Waals surface area (Å²) in [4.78, 5) is 12.4. The Morgan fingerprint density at radius 2 is 1.89 bits per heavy atom. The molecule has 0 atom stereocenters. The van der Waals surface area contributed by atoms with E-state index in [-0.39, 0.29) is 5.97 Å². The van der Waals surface area contributed by atoms with Crippen LogP contribution in [0.3, 0.4) is 0 Å². The van der Waals surface area contributed by atoms with Crippen molar-refractivity contribution in [1.29, 1.82) is 0 Å². The summed E-state index contributed by atoms with van der Waals surface area (Å²) < 4.78 is 30.8. The van der Waals surface area contributed by atoms with Gasteiger partial charge in [-0.2, -0.15) is 0 Å². The lowest BCUT2D eigenvalue weighted by molar-refractivity contribution is 0.0600. The highest BCUT2D eigenvalue weighted by atomic mass is 32.2. The number of nitrogens with zero attached hydrogens (tertiary/aromatic N) is 1. The zero-order valence-corrected chi connectivity index (χ0v) is 16.8. The second-order valence-corrected chi connectivity index (χ2v) is 8.67. The van der Waals surface area contributed by atoms with Gasteiger partial charge in [0.2, 0.25) is 0 Å². The summed E-state index contributed by atoms with van der Waals surface area (Å²) >= 11 is 0. The molecular formula is C21H23NO4S. The molecule has 0 saturated carbocycles. The lowest BCUT2D eigenvalue weighted by atomic mass is 10.1. The zero-order chi connectivity index (χ0) is 19.8. The van der Waals surface area contributed by atoms with E-state index in [4.69, 9.17) is 4.74 Å². The smallest absolute Gasteiger partial charge is 0.338 e. The number of aryl methyl sites for hydroxylation is 1. The fraction of sp³-hybridized carbons (Fsp3) is 0.286. The Bertz CT molecular complexity index is 1130. The molecule has 0 fully saturated rings. The molecule has 0 radical (unpaired) electrons. The van der Waals surface area contributed by atoms with Crippen LogP contribution in [0.2, 0.25) is 0 Å². The van der Waals surface area contributed by atoms with Crippen LogP contribution >= 0.6 is 0 Å². The van der Waals surface area contributed by atoms with Gasteiger partial charge in [-0.15, -0.1) is 0 Å². The Balaban J connectivity index is 2.31. The minimum atomic E-state index is -3.27. The van der Waals surface area contributed by atoms with Crippen molar-refractivity contribution < 1.29 is 17.9 Å². The number of carbonyl (C=O) groups excluding carboxylic acids is 1. The normalized spacial score (nSPS) is 11.7. The van der Waals surface area contributed by atoms with E-state index in [0.29, 0.717) is 10.5 Å². The van der Waals surface area contributed by atoms with Crippen LogP contribution in [0, 0.1) is 6.92 Å². The Labute approximate surface area is 159 Å². The molecule has 27 heavy (non-hydrogen) atoms. The summed E-state index contributed by atoms with van der Waals surface area (Å²) in [5, 5.41) is 0.865. The van der Waals surface area contributed by atoms with E-state index in [9.17, 15) is 13.2 Å². The quantitative estimate of drug-likeness (QED) is 0.621. The average Bonchev–Trinajstić information content (AvgIpc) is 2.98. The fourth-order valence-corrected chi connectivity index (χ4v) is 4.06. The minimum absolute atomic E-state index is 0.301. The number of sulfone groups is 1. The molecule has 2 aromatic carbocycles. The number of esters is 1.